The minimum absolute atomic E-state index is 0.132. The van der Waals surface area contributed by atoms with Gasteiger partial charge in [-0.3, -0.25) is 33.6 Å². The Morgan fingerprint density at radius 1 is 0.778 bits per heavy atom. The van der Waals surface area contributed by atoms with Crippen LogP contribution in [0.25, 0.3) is 11.1 Å². The molecule has 0 spiro atoms. The molecule has 5 N–H and O–H groups in total. The molecule has 13 nitrogen and oxygen atoms in total. The molecule has 14 heteroatoms. The van der Waals surface area contributed by atoms with Gasteiger partial charge in [0.1, 0.15) is 6.04 Å². The molecule has 3 rings (SSSR count). The minimum atomic E-state index is -1.41. The summed E-state index contributed by atoms with van der Waals surface area (Å²) in [7, 11) is 0. The molecular formula is C49H66N4O9S. The topological polar surface area (TPSA) is 197 Å². The lowest BCUT2D eigenvalue weighted by Crippen LogP contribution is -2.52. The number of amides is 4. The second-order valence-electron chi connectivity index (χ2n) is 13.4. The molecule has 1 aromatic heterocycles. The fourth-order valence-electron chi connectivity index (χ4n) is 5.00. The molecule has 4 amide bonds. The van der Waals surface area contributed by atoms with Crippen LogP contribution in [0.5, 0.6) is 0 Å². The van der Waals surface area contributed by atoms with Gasteiger partial charge in [-0.25, -0.2) is 0 Å². The Bertz CT molecular complexity index is 1950. The molecule has 0 saturated heterocycles. The minimum Gasteiger partial charge on any atom is -0.481 e. The van der Waals surface area contributed by atoms with E-state index in [0.717, 1.165) is 24.3 Å². The number of hydrogen-bond donors (Lipinski definition) is 5. The van der Waals surface area contributed by atoms with Crippen molar-refractivity contribution in [3.05, 3.63) is 118 Å². The Kier molecular flexibility index (Phi) is 32.5. The van der Waals surface area contributed by atoms with Gasteiger partial charge < -0.3 is 31.1 Å². The largest absolute Gasteiger partial charge is 0.481 e. The van der Waals surface area contributed by atoms with Crippen LogP contribution in [0.2, 0.25) is 0 Å². The fraction of sp³-hybridized carbons (Fsp3) is 0.367. The van der Waals surface area contributed by atoms with E-state index in [1.807, 2.05) is 57.4 Å². The van der Waals surface area contributed by atoms with Crippen LogP contribution in [0.3, 0.4) is 0 Å². The number of carboxylic acids is 1. The molecule has 2 aromatic carbocycles. The summed E-state index contributed by atoms with van der Waals surface area (Å²) in [4.78, 5) is 84.5. The number of thiophene rings is 1. The van der Waals surface area contributed by atoms with Gasteiger partial charge in [-0.05, 0) is 77.0 Å². The van der Waals surface area contributed by atoms with Crippen molar-refractivity contribution in [3.8, 4) is 24.0 Å². The van der Waals surface area contributed by atoms with E-state index in [1.54, 1.807) is 32.1 Å². The lowest BCUT2D eigenvalue weighted by atomic mass is 10.0. The summed E-state index contributed by atoms with van der Waals surface area (Å²) in [5, 5.41) is 19.5. The van der Waals surface area contributed by atoms with Gasteiger partial charge in [0.15, 0.2) is 11.9 Å². The summed E-state index contributed by atoms with van der Waals surface area (Å²) in [5.41, 5.74) is 5.44. The van der Waals surface area contributed by atoms with Crippen molar-refractivity contribution in [3.63, 3.8) is 0 Å². The van der Waals surface area contributed by atoms with E-state index in [-0.39, 0.29) is 12.2 Å². The number of esters is 1. The standard InChI is InChI=1S/C30H42N4O7S.C13H12.C2H4O2.C2H6.C2H2/c1-7-9-11-19(3)13-14-24(21(5)35)33-28(38)18-31-29(39)25(16-23-12-10-15-42-23)34-27(37)17-26(41-22(6)36)30(40)32-20(4)8-2;1-11-7-9-13(10-8-11)12-5-3-2-4-6-12;1-2(3)4;2*1-2/h7-12,15,24-26H,13-14,16-18H2,1-6H3,(H,31,39)(H,32,40)(H,33,38)(H,34,37);2-10H,1H3;1H3,(H,3,4);1-2H3;1-2H/b9-7-,19-11+,20-8+;;;;/t24-,25-,26-;;;;/m1..../s1. The molecule has 0 aliphatic rings. The molecule has 342 valence electrons. The molecule has 3 aromatic rings. The van der Waals surface area contributed by atoms with Gasteiger partial charge in [0.05, 0.1) is 19.0 Å². The number of terminal acetylenes is 1. The number of ketones is 1. The SMILES string of the molecule is C#C.C/C=C\C=C(/C)CC[C@@H](NC(=O)CNC(=O)[C@@H](Cc1cccs1)NC(=O)C[C@@H](OC(C)=O)C(=O)N/C(C)=C/C)C(C)=O.CC.CC(=O)O.Cc1ccc(-c2ccccc2)cc1. The van der Waals surface area contributed by atoms with E-state index < -0.39 is 66.7 Å². The van der Waals surface area contributed by atoms with Gasteiger partial charge in [0.2, 0.25) is 17.7 Å². The number of carbonyl (C=O) groups is 7. The molecule has 0 bridgehead atoms. The predicted octanol–water partition coefficient (Wildman–Crippen LogP) is 7.66. The van der Waals surface area contributed by atoms with Crippen molar-refractivity contribution >= 4 is 52.7 Å². The summed E-state index contributed by atoms with van der Waals surface area (Å²) in [5.74, 6) is -4.34. The molecule has 0 aliphatic heterocycles. The summed E-state index contributed by atoms with van der Waals surface area (Å²) in [6, 6.07) is 20.8. The summed E-state index contributed by atoms with van der Waals surface area (Å²) in [6.07, 6.45) is 14.6. The number of nitrogens with one attached hydrogen (secondary N) is 4. The molecule has 1 heterocycles. The number of aliphatic carboxylic acids is 1. The van der Waals surface area contributed by atoms with Crippen LogP contribution in [-0.2, 0) is 44.7 Å². The van der Waals surface area contributed by atoms with E-state index in [4.69, 9.17) is 14.6 Å². The van der Waals surface area contributed by atoms with Gasteiger partial charge in [-0.2, -0.15) is 0 Å². The molecule has 0 aliphatic carbocycles. The average Bonchev–Trinajstić information content (AvgIpc) is 3.78. The van der Waals surface area contributed by atoms with Crippen molar-refractivity contribution in [2.45, 2.75) is 113 Å². The van der Waals surface area contributed by atoms with Crippen LogP contribution in [0.15, 0.2) is 108 Å². The maximum absolute atomic E-state index is 13.1. The summed E-state index contributed by atoms with van der Waals surface area (Å²) < 4.78 is 5.04. The monoisotopic (exact) mass is 886 g/mol. The van der Waals surface area contributed by atoms with Crippen LogP contribution in [0.1, 0.15) is 92.0 Å². The maximum atomic E-state index is 13.1. The van der Waals surface area contributed by atoms with Crippen LogP contribution >= 0.6 is 11.3 Å². The van der Waals surface area contributed by atoms with Crippen molar-refractivity contribution in [1.82, 2.24) is 21.3 Å². The number of rotatable bonds is 18. The van der Waals surface area contributed by atoms with E-state index in [1.165, 1.54) is 35.0 Å². The number of ether oxygens (including phenoxy) is 1. The van der Waals surface area contributed by atoms with Crippen LogP contribution < -0.4 is 21.3 Å². The highest BCUT2D eigenvalue weighted by Gasteiger charge is 2.29. The summed E-state index contributed by atoms with van der Waals surface area (Å²) in [6.45, 7) is 16.5. The quantitative estimate of drug-likeness (QED) is 0.0484. The maximum Gasteiger partial charge on any atom is 0.303 e. The Labute approximate surface area is 377 Å². The Hall–Kier alpha value is -6.59. The second-order valence-corrected chi connectivity index (χ2v) is 14.5. The molecule has 3 atom stereocenters. The van der Waals surface area contributed by atoms with Gasteiger partial charge in [0.25, 0.3) is 11.9 Å². The number of benzene rings is 2. The van der Waals surface area contributed by atoms with Crippen molar-refractivity contribution in [2.75, 3.05) is 6.54 Å². The van der Waals surface area contributed by atoms with Crippen LogP contribution in [0.4, 0.5) is 0 Å². The summed E-state index contributed by atoms with van der Waals surface area (Å²) >= 11 is 1.38. The van der Waals surface area contributed by atoms with Crippen molar-refractivity contribution in [2.24, 2.45) is 0 Å². The third kappa shape index (κ3) is 28.5. The van der Waals surface area contributed by atoms with E-state index in [9.17, 15) is 28.8 Å². The lowest BCUT2D eigenvalue weighted by molar-refractivity contribution is -0.155. The van der Waals surface area contributed by atoms with Crippen molar-refractivity contribution < 1.29 is 43.4 Å². The third-order valence-corrected chi connectivity index (χ3v) is 9.07. The smallest absolute Gasteiger partial charge is 0.303 e. The van der Waals surface area contributed by atoms with E-state index in [2.05, 4.69) is 89.6 Å². The molecule has 0 saturated carbocycles. The van der Waals surface area contributed by atoms with E-state index >= 15 is 0 Å². The predicted molar refractivity (Wildman–Crippen MR) is 252 cm³/mol. The number of Topliss-reactive ketones (excluding diaryl/α,β-unsaturated/α-hetero) is 1. The average molecular weight is 887 g/mol. The Morgan fingerprint density at radius 2 is 1.35 bits per heavy atom. The number of aryl methyl sites for hydroxylation is 1. The molecule has 0 unspecified atom stereocenters. The molecular weight excluding hydrogens is 821 g/mol. The third-order valence-electron chi connectivity index (χ3n) is 8.17. The number of allylic oxidation sites excluding steroid dienone is 6. The zero-order valence-electron chi connectivity index (χ0n) is 38.3. The Morgan fingerprint density at radius 3 is 1.86 bits per heavy atom. The Balaban J connectivity index is 0. The first-order valence-corrected chi connectivity index (χ1v) is 21.3. The van der Waals surface area contributed by atoms with Gasteiger partial charge in [-0.15, -0.1) is 24.2 Å². The number of carboxylic acid groups (broad SMARTS) is 1. The van der Waals surface area contributed by atoms with Crippen molar-refractivity contribution in [1.29, 1.82) is 0 Å². The fourth-order valence-corrected chi connectivity index (χ4v) is 5.75. The van der Waals surface area contributed by atoms with Crippen LogP contribution in [-0.4, -0.2) is 71.2 Å². The highest BCUT2D eigenvalue weighted by Crippen LogP contribution is 2.19. The van der Waals surface area contributed by atoms with Gasteiger partial charge in [0, 0.05) is 30.8 Å². The van der Waals surface area contributed by atoms with E-state index in [0.29, 0.717) is 18.5 Å². The first kappa shape index (κ1) is 58.5. The number of hydrogen-bond acceptors (Lipinski definition) is 9. The zero-order chi connectivity index (χ0) is 48.3. The molecule has 0 fully saturated rings. The highest BCUT2D eigenvalue weighted by atomic mass is 32.1. The molecule has 0 radical (unpaired) electrons. The first-order chi connectivity index (χ1) is 29.9. The highest BCUT2D eigenvalue weighted by molar-refractivity contribution is 7.09. The van der Waals surface area contributed by atoms with Gasteiger partial charge in [-0.1, -0.05) is 110 Å². The van der Waals surface area contributed by atoms with Gasteiger partial charge >= 0.3 is 5.97 Å². The first-order valence-electron chi connectivity index (χ1n) is 20.4. The molecule has 63 heavy (non-hydrogen) atoms. The lowest BCUT2D eigenvalue weighted by Gasteiger charge is -2.21. The second kappa shape index (κ2) is 35.1. The number of carbonyl (C=O) groups excluding carboxylic acids is 6. The van der Waals surface area contributed by atoms with Crippen LogP contribution in [0, 0.1) is 19.8 Å². The normalized spacial score (nSPS) is 11.9. The zero-order valence-corrected chi connectivity index (χ0v) is 39.1.